The second kappa shape index (κ2) is 15.8. The maximum atomic E-state index is 9.00. The average molecular weight is 155 g/mol. The first-order valence-corrected chi connectivity index (χ1v) is 0.928. The molecule has 0 rings (SSSR count). The van der Waals surface area contributed by atoms with Crippen LogP contribution >= 0.6 is 0 Å². The van der Waals surface area contributed by atoms with Gasteiger partial charge in [-0.3, -0.25) is 4.79 Å². The number of carbonyl (C=O) groups is 1. The van der Waals surface area contributed by atoms with Gasteiger partial charge in [-0.05, 0) is 0 Å². The van der Waals surface area contributed by atoms with Gasteiger partial charge in [0.05, 0.1) is 0 Å². The molecule has 2 nitrogen and oxygen atoms in total. The zero-order chi connectivity index (χ0) is 3.58. The number of aliphatic carboxylic acids is 1. The molecule has 0 saturated heterocycles. The normalized spacial score (nSPS) is 3.57. The molecule has 0 aromatic rings. The topological polar surface area (TPSA) is 37.3 Å². The molecule has 0 aliphatic carbocycles. The van der Waals surface area contributed by atoms with Crippen LogP contribution in [0.15, 0.2) is 0 Å². The molecule has 0 spiro atoms. The summed E-state index contributed by atoms with van der Waals surface area (Å²) in [4.78, 5) is 9.00. The van der Waals surface area contributed by atoms with E-state index in [0.29, 0.717) is 0 Å². The Kier molecular flexibility index (Phi) is 56.4. The molecule has 1 N–H and O–H groups in total. The van der Waals surface area contributed by atoms with Crippen molar-refractivity contribution >= 4 is 29.0 Å². The van der Waals surface area contributed by atoms with Gasteiger partial charge >= 0.3 is 23.1 Å². The second-order valence-corrected chi connectivity index (χ2v) is 0.519. The summed E-state index contributed by atoms with van der Waals surface area (Å²) in [6.45, 7) is 1.08. The standard InChI is InChI=1S/C2H4O2.2ClH.Mg/c1-2(3)4;;;/h1H3,(H,3,4);2*1H;/q;;;+2/p-2. The molecule has 0 atom stereocenters. The molecule has 0 aromatic heterocycles. The molecule has 0 fully saturated rings. The maximum absolute atomic E-state index is 9.00. The summed E-state index contributed by atoms with van der Waals surface area (Å²) in [5, 5.41) is 7.42. The zero-order valence-corrected chi connectivity index (χ0v) is 6.74. The molecule has 0 amide bonds. The molecule has 0 radical (unpaired) electrons. The molecule has 0 unspecified atom stereocenters. The van der Waals surface area contributed by atoms with E-state index in [-0.39, 0.29) is 47.9 Å². The number of hydrogen-bond acceptors (Lipinski definition) is 1. The van der Waals surface area contributed by atoms with Crippen molar-refractivity contribution in [3.63, 3.8) is 0 Å². The van der Waals surface area contributed by atoms with Crippen molar-refractivity contribution in [1.82, 2.24) is 0 Å². The molecule has 0 heterocycles. The van der Waals surface area contributed by atoms with Crippen LogP contribution in [0.3, 0.4) is 0 Å². The van der Waals surface area contributed by atoms with E-state index in [1.165, 1.54) is 0 Å². The van der Waals surface area contributed by atoms with Crippen molar-refractivity contribution in [2.45, 2.75) is 6.92 Å². The van der Waals surface area contributed by atoms with Crippen molar-refractivity contribution in [3.8, 4) is 0 Å². The minimum absolute atomic E-state index is 0. The van der Waals surface area contributed by atoms with Gasteiger partial charge in [-0.2, -0.15) is 0 Å². The summed E-state index contributed by atoms with van der Waals surface area (Å²) in [5.74, 6) is -0.833. The van der Waals surface area contributed by atoms with E-state index in [9.17, 15) is 0 Å². The van der Waals surface area contributed by atoms with Crippen molar-refractivity contribution < 1.29 is 34.7 Å². The first kappa shape index (κ1) is 24.9. The fourth-order valence-electron chi connectivity index (χ4n) is 0. The van der Waals surface area contributed by atoms with Gasteiger partial charge in [0.15, 0.2) is 0 Å². The molecule has 0 aromatic carbocycles. The van der Waals surface area contributed by atoms with Crippen LogP contribution in [-0.2, 0) is 4.79 Å². The molecule has 0 aliphatic rings. The van der Waals surface area contributed by atoms with Gasteiger partial charge in [-0.25, -0.2) is 0 Å². The Morgan fingerprint density at radius 1 is 1.43 bits per heavy atom. The van der Waals surface area contributed by atoms with Gasteiger partial charge in [0.2, 0.25) is 0 Å². The summed E-state index contributed by atoms with van der Waals surface area (Å²) >= 11 is 0. The van der Waals surface area contributed by atoms with E-state index < -0.39 is 5.97 Å². The minimum Gasteiger partial charge on any atom is -1.00 e. The third-order valence-corrected chi connectivity index (χ3v) is 0. The van der Waals surface area contributed by atoms with Crippen LogP contribution in [-0.4, -0.2) is 34.1 Å². The Balaban J connectivity index is -0.0000000150. The predicted molar refractivity (Wildman–Crippen MR) is 19.1 cm³/mol. The SMILES string of the molecule is CC(=O)O.[Cl-].[Cl-].[Mg+2]. The van der Waals surface area contributed by atoms with Crippen LogP contribution in [0, 0.1) is 0 Å². The maximum Gasteiger partial charge on any atom is 2.00 e. The molecule has 7 heavy (non-hydrogen) atoms. The second-order valence-electron chi connectivity index (χ2n) is 0.519. The van der Waals surface area contributed by atoms with E-state index in [2.05, 4.69) is 0 Å². The quantitative estimate of drug-likeness (QED) is 0.353. The Bertz CT molecular complexity index is 36.7. The molecule has 0 bridgehead atoms. The molecule has 0 saturated carbocycles. The summed E-state index contributed by atoms with van der Waals surface area (Å²) in [5.41, 5.74) is 0. The third kappa shape index (κ3) is 237. The Labute approximate surface area is 70.6 Å². The monoisotopic (exact) mass is 154 g/mol. The first-order valence-electron chi connectivity index (χ1n) is 0.928. The van der Waals surface area contributed by atoms with Crippen LogP contribution in [0.5, 0.6) is 0 Å². The van der Waals surface area contributed by atoms with Crippen molar-refractivity contribution in [1.29, 1.82) is 0 Å². The van der Waals surface area contributed by atoms with Crippen molar-refractivity contribution in [2.75, 3.05) is 0 Å². The number of carboxylic acids is 1. The van der Waals surface area contributed by atoms with Crippen LogP contribution < -0.4 is 24.8 Å². The van der Waals surface area contributed by atoms with Gasteiger partial charge in [0.1, 0.15) is 0 Å². The number of rotatable bonds is 0. The smallest absolute Gasteiger partial charge is 1.00 e. The number of halogens is 2. The van der Waals surface area contributed by atoms with Gasteiger partial charge in [0, 0.05) is 6.92 Å². The van der Waals surface area contributed by atoms with Crippen LogP contribution in [0.25, 0.3) is 0 Å². The average Bonchev–Trinajstić information content (AvgIpc) is 0.811. The van der Waals surface area contributed by atoms with Gasteiger partial charge in [-0.15, -0.1) is 0 Å². The number of hydrogen-bond donors (Lipinski definition) is 1. The Hall–Kier alpha value is 0.816. The first-order chi connectivity index (χ1) is 1.73. The van der Waals surface area contributed by atoms with E-state index in [1.54, 1.807) is 0 Å². The van der Waals surface area contributed by atoms with Gasteiger partial charge in [0.25, 0.3) is 5.97 Å². The third-order valence-electron chi connectivity index (χ3n) is 0. The zero-order valence-electron chi connectivity index (χ0n) is 3.82. The summed E-state index contributed by atoms with van der Waals surface area (Å²) in [6, 6.07) is 0. The summed E-state index contributed by atoms with van der Waals surface area (Å²) in [6.07, 6.45) is 0. The van der Waals surface area contributed by atoms with Crippen LogP contribution in [0.1, 0.15) is 6.92 Å². The van der Waals surface area contributed by atoms with E-state index in [4.69, 9.17) is 9.90 Å². The minimum atomic E-state index is -0.833. The fourth-order valence-corrected chi connectivity index (χ4v) is 0. The number of carboxylic acid groups (broad SMARTS) is 1. The molecule has 0 aliphatic heterocycles. The summed E-state index contributed by atoms with van der Waals surface area (Å²) in [7, 11) is 0. The fraction of sp³-hybridized carbons (Fsp3) is 0.500. The van der Waals surface area contributed by atoms with Gasteiger partial charge < -0.3 is 29.9 Å². The van der Waals surface area contributed by atoms with E-state index in [0.717, 1.165) is 6.92 Å². The molecule has 40 valence electrons. The Morgan fingerprint density at radius 3 is 1.43 bits per heavy atom. The summed E-state index contributed by atoms with van der Waals surface area (Å²) < 4.78 is 0. The van der Waals surface area contributed by atoms with Crippen molar-refractivity contribution in [2.24, 2.45) is 0 Å². The largest absolute Gasteiger partial charge is 2.00 e. The van der Waals surface area contributed by atoms with Gasteiger partial charge in [-0.1, -0.05) is 0 Å². The van der Waals surface area contributed by atoms with E-state index >= 15 is 0 Å². The molecular formula is C2H4Cl2MgO2. The van der Waals surface area contributed by atoms with E-state index in [1.807, 2.05) is 0 Å². The Morgan fingerprint density at radius 2 is 1.43 bits per heavy atom. The van der Waals surface area contributed by atoms with Crippen molar-refractivity contribution in [3.05, 3.63) is 0 Å². The van der Waals surface area contributed by atoms with Crippen LogP contribution in [0.4, 0.5) is 0 Å². The molecular weight excluding hydrogens is 151 g/mol. The molecule has 5 heteroatoms. The van der Waals surface area contributed by atoms with Crippen LogP contribution in [0.2, 0.25) is 0 Å². The predicted octanol–water partition coefficient (Wildman–Crippen LogP) is -6.28.